The molecule has 1 aliphatic rings. The molecule has 0 fully saturated rings. The lowest BCUT2D eigenvalue weighted by Crippen LogP contribution is -2.46. The fourth-order valence-corrected chi connectivity index (χ4v) is 5.87. The van der Waals surface area contributed by atoms with E-state index in [1.807, 2.05) is 78.8 Å². The van der Waals surface area contributed by atoms with E-state index in [4.69, 9.17) is 5.10 Å². The number of halogens is 1. The molecule has 0 aliphatic carbocycles. The van der Waals surface area contributed by atoms with Gasteiger partial charge in [-0.2, -0.15) is 20.1 Å². The first-order chi connectivity index (χ1) is 19.6. The van der Waals surface area contributed by atoms with Crippen molar-refractivity contribution in [3.8, 4) is 11.4 Å². The van der Waals surface area contributed by atoms with Gasteiger partial charge in [0.05, 0.1) is 41.7 Å². The van der Waals surface area contributed by atoms with Gasteiger partial charge in [0, 0.05) is 27.2 Å². The summed E-state index contributed by atoms with van der Waals surface area (Å²) in [6, 6.07) is 13.2. The van der Waals surface area contributed by atoms with E-state index in [0.29, 0.717) is 30.0 Å². The van der Waals surface area contributed by atoms with Crippen molar-refractivity contribution >= 4 is 27.5 Å². The SMILES string of the molecule is Cc1cnn(-c2ccc(-n3c(=O)c4c(n5ncc(CC(C)C)c35)CN(C(=O)c3ccc(Br)c(C)c3)[C@@H](C)C4)cc2)n1. The predicted molar refractivity (Wildman–Crippen MR) is 161 cm³/mol. The van der Waals surface area contributed by atoms with Crippen LogP contribution in [0.15, 0.2) is 64.1 Å². The van der Waals surface area contributed by atoms with Crippen LogP contribution < -0.4 is 5.56 Å². The third-order valence-corrected chi connectivity index (χ3v) is 8.57. The summed E-state index contributed by atoms with van der Waals surface area (Å²) < 4.78 is 4.61. The number of amides is 1. The van der Waals surface area contributed by atoms with Gasteiger partial charge in [0.25, 0.3) is 11.5 Å². The van der Waals surface area contributed by atoms with Crippen LogP contribution in [0.2, 0.25) is 0 Å². The minimum atomic E-state index is -0.153. The lowest BCUT2D eigenvalue weighted by Gasteiger charge is -2.35. The highest BCUT2D eigenvalue weighted by molar-refractivity contribution is 9.10. The fourth-order valence-electron chi connectivity index (χ4n) is 5.62. The molecule has 1 atom stereocenters. The third kappa shape index (κ3) is 4.80. The smallest absolute Gasteiger partial charge is 0.261 e. The van der Waals surface area contributed by atoms with Crippen LogP contribution in [0.25, 0.3) is 17.0 Å². The van der Waals surface area contributed by atoms with E-state index in [0.717, 1.165) is 50.4 Å². The summed E-state index contributed by atoms with van der Waals surface area (Å²) in [5, 5.41) is 13.5. The first-order valence-corrected chi connectivity index (χ1v) is 14.6. The molecule has 10 heteroatoms. The van der Waals surface area contributed by atoms with Crippen molar-refractivity contribution in [2.75, 3.05) is 0 Å². The number of hydrogen-bond donors (Lipinski definition) is 0. The topological polar surface area (TPSA) is 90.3 Å². The molecule has 9 nitrogen and oxygen atoms in total. The highest BCUT2D eigenvalue weighted by atomic mass is 79.9. The van der Waals surface area contributed by atoms with Crippen molar-refractivity contribution in [2.45, 2.75) is 60.0 Å². The molecule has 5 aromatic rings. The van der Waals surface area contributed by atoms with Crippen molar-refractivity contribution in [1.82, 2.24) is 34.1 Å². The molecule has 0 saturated carbocycles. The van der Waals surface area contributed by atoms with Gasteiger partial charge in [0.15, 0.2) is 0 Å². The average Bonchev–Trinajstić information content (AvgIpc) is 3.56. The molecule has 0 unspecified atom stereocenters. The Kier molecular flexibility index (Phi) is 6.89. The quantitative estimate of drug-likeness (QED) is 0.271. The highest BCUT2D eigenvalue weighted by Gasteiger charge is 2.33. The Balaban J connectivity index is 1.48. The minimum Gasteiger partial charge on any atom is -0.330 e. The number of hydrogen-bond acceptors (Lipinski definition) is 5. The maximum absolute atomic E-state index is 14.3. The zero-order valence-corrected chi connectivity index (χ0v) is 25.4. The van der Waals surface area contributed by atoms with E-state index in [9.17, 15) is 9.59 Å². The molecular formula is C31H32BrN7O2. The van der Waals surface area contributed by atoms with Crippen molar-refractivity contribution in [1.29, 1.82) is 0 Å². The molecule has 0 radical (unpaired) electrons. The summed E-state index contributed by atoms with van der Waals surface area (Å²) in [5.41, 5.74) is 7.14. The minimum absolute atomic E-state index is 0.0521. The number of carbonyl (C=O) groups excluding carboxylic acids is 1. The molecule has 41 heavy (non-hydrogen) atoms. The van der Waals surface area contributed by atoms with Crippen LogP contribution in [-0.2, 0) is 19.4 Å². The second-order valence-electron chi connectivity index (χ2n) is 11.3. The average molecular weight is 615 g/mol. The molecule has 4 heterocycles. The predicted octanol–water partition coefficient (Wildman–Crippen LogP) is 5.23. The second-order valence-corrected chi connectivity index (χ2v) is 12.2. The van der Waals surface area contributed by atoms with Gasteiger partial charge in [0.1, 0.15) is 5.65 Å². The largest absolute Gasteiger partial charge is 0.330 e. The van der Waals surface area contributed by atoms with Crippen LogP contribution in [0, 0.1) is 19.8 Å². The molecule has 1 aliphatic heterocycles. The summed E-state index contributed by atoms with van der Waals surface area (Å²) >= 11 is 3.52. The molecule has 6 rings (SSSR count). The molecule has 1 amide bonds. The van der Waals surface area contributed by atoms with Crippen molar-refractivity contribution < 1.29 is 4.79 Å². The van der Waals surface area contributed by atoms with E-state index in [2.05, 4.69) is 40.0 Å². The standard InChI is InChI=1S/C31H32BrN7O2/c1-18(2)12-23-16-33-38-28-17-36(30(40)22-6-11-27(32)19(3)13-22)21(5)14-26(28)31(41)37(29(23)38)24-7-9-25(10-8-24)39-34-15-20(4)35-39/h6-11,13,15-16,18,21H,12,14,17H2,1-5H3/t21-/m0/s1. The first kappa shape index (κ1) is 27.1. The Labute approximate surface area is 246 Å². The third-order valence-electron chi connectivity index (χ3n) is 7.68. The van der Waals surface area contributed by atoms with E-state index in [1.54, 1.807) is 15.6 Å². The number of aromatic nitrogens is 6. The lowest BCUT2D eigenvalue weighted by molar-refractivity contribution is 0.0651. The number of fused-ring (bicyclic) bond motifs is 3. The summed E-state index contributed by atoms with van der Waals surface area (Å²) in [7, 11) is 0. The van der Waals surface area contributed by atoms with Crippen molar-refractivity contribution in [2.24, 2.45) is 5.92 Å². The van der Waals surface area contributed by atoms with Gasteiger partial charge in [-0.25, -0.2) is 4.52 Å². The van der Waals surface area contributed by atoms with E-state index < -0.39 is 0 Å². The number of carbonyl (C=O) groups is 1. The molecule has 0 bridgehead atoms. The fraction of sp³-hybridized carbons (Fsp3) is 0.323. The molecule has 0 saturated heterocycles. The van der Waals surface area contributed by atoms with E-state index >= 15 is 0 Å². The lowest BCUT2D eigenvalue weighted by atomic mass is 9.97. The number of aryl methyl sites for hydroxylation is 2. The summed E-state index contributed by atoms with van der Waals surface area (Å²) in [5.74, 6) is 0.321. The van der Waals surface area contributed by atoms with Crippen molar-refractivity contribution in [3.63, 3.8) is 0 Å². The van der Waals surface area contributed by atoms with Crippen LogP contribution >= 0.6 is 15.9 Å². The molecule has 0 N–H and O–H groups in total. The van der Waals surface area contributed by atoms with Gasteiger partial charge >= 0.3 is 0 Å². The van der Waals surface area contributed by atoms with E-state index in [1.165, 1.54) is 0 Å². The summed E-state index contributed by atoms with van der Waals surface area (Å²) in [6.45, 7) is 10.5. The number of nitrogens with zero attached hydrogens (tertiary/aromatic N) is 7. The van der Waals surface area contributed by atoms with Gasteiger partial charge in [-0.1, -0.05) is 29.8 Å². The molecule has 2 aromatic carbocycles. The van der Waals surface area contributed by atoms with Gasteiger partial charge in [-0.3, -0.25) is 14.2 Å². The second kappa shape index (κ2) is 10.4. The van der Waals surface area contributed by atoms with Crippen LogP contribution in [0.4, 0.5) is 0 Å². The highest BCUT2D eigenvalue weighted by Crippen LogP contribution is 2.28. The Morgan fingerprint density at radius 2 is 1.78 bits per heavy atom. The van der Waals surface area contributed by atoms with Gasteiger partial charge in [0.2, 0.25) is 0 Å². The summed E-state index contributed by atoms with van der Waals surface area (Å²) in [4.78, 5) is 31.4. The van der Waals surface area contributed by atoms with Crippen LogP contribution in [0.5, 0.6) is 0 Å². The molecular weight excluding hydrogens is 582 g/mol. The zero-order valence-electron chi connectivity index (χ0n) is 23.8. The number of rotatable bonds is 5. The van der Waals surface area contributed by atoms with Gasteiger partial charge in [-0.05, 0) is 87.6 Å². The number of benzene rings is 2. The van der Waals surface area contributed by atoms with Crippen LogP contribution in [0.1, 0.15) is 59.2 Å². The Hall–Kier alpha value is -4.05. The molecule has 0 spiro atoms. The first-order valence-electron chi connectivity index (χ1n) is 13.8. The Morgan fingerprint density at radius 1 is 1.05 bits per heavy atom. The maximum Gasteiger partial charge on any atom is 0.261 e. The summed E-state index contributed by atoms with van der Waals surface area (Å²) in [6.07, 6.45) is 4.79. The van der Waals surface area contributed by atoms with E-state index in [-0.39, 0.29) is 17.5 Å². The maximum atomic E-state index is 14.3. The zero-order chi connectivity index (χ0) is 29.0. The normalized spacial score (nSPS) is 15.1. The Bertz CT molecular complexity index is 1850. The Morgan fingerprint density at radius 3 is 2.44 bits per heavy atom. The monoisotopic (exact) mass is 613 g/mol. The van der Waals surface area contributed by atoms with Crippen LogP contribution in [-0.4, -0.2) is 46.0 Å². The molecule has 3 aromatic heterocycles. The van der Waals surface area contributed by atoms with Crippen LogP contribution in [0.3, 0.4) is 0 Å². The van der Waals surface area contributed by atoms with Gasteiger partial charge in [-0.15, -0.1) is 0 Å². The van der Waals surface area contributed by atoms with Gasteiger partial charge < -0.3 is 4.90 Å². The van der Waals surface area contributed by atoms with Crippen molar-refractivity contribution in [3.05, 3.63) is 103 Å². The molecule has 210 valence electrons.